The van der Waals surface area contributed by atoms with Crippen LogP contribution in [0.3, 0.4) is 0 Å². The first kappa shape index (κ1) is 24.6. The zero-order valence-corrected chi connectivity index (χ0v) is 19.6. The number of rotatable bonds is 11. The minimum absolute atomic E-state index is 0.0724. The Morgan fingerprint density at radius 1 is 1.09 bits per heavy atom. The number of carbonyl (C=O) groups is 1. The van der Waals surface area contributed by atoms with E-state index in [1.54, 1.807) is 26.2 Å². The number of amides is 1. The lowest BCUT2D eigenvalue weighted by Crippen LogP contribution is -2.30. The van der Waals surface area contributed by atoms with E-state index >= 15 is 0 Å². The van der Waals surface area contributed by atoms with Gasteiger partial charge < -0.3 is 18.8 Å². The number of benzene rings is 2. The number of nitrogens with zero attached hydrogens (tertiary/aromatic N) is 2. The topological polar surface area (TPSA) is 111 Å². The van der Waals surface area contributed by atoms with Gasteiger partial charge in [0.15, 0.2) is 0 Å². The van der Waals surface area contributed by atoms with Gasteiger partial charge in [-0.2, -0.15) is 4.72 Å². The third-order valence-electron chi connectivity index (χ3n) is 4.89. The normalized spacial score (nSPS) is 11.5. The number of carbonyl (C=O) groups excluding carboxylic acids is 1. The molecule has 1 N–H and O–H groups in total. The highest BCUT2D eigenvalue weighted by Gasteiger charge is 2.29. The van der Waals surface area contributed by atoms with Crippen molar-refractivity contribution in [1.82, 2.24) is 14.6 Å². The fourth-order valence-electron chi connectivity index (χ4n) is 3.24. The summed E-state index contributed by atoms with van der Waals surface area (Å²) < 4.78 is 45.1. The molecule has 0 saturated heterocycles. The Morgan fingerprint density at radius 3 is 2.45 bits per heavy atom. The third kappa shape index (κ3) is 6.05. The standard InChI is InChI=1S/C23H27N3O6S/c1-26(2)21(27)15-20-18(17-7-5-4-6-8-17)9-10-19(23-24-11-12-32-23)22(20)33(28,29)25-16-31-14-13-30-3/h4-12,25H,13-16H2,1-3H3. The largest absolute Gasteiger partial charge is 0.444 e. The third-order valence-corrected chi connectivity index (χ3v) is 6.39. The number of nitrogens with one attached hydrogen (secondary N) is 1. The number of oxazole rings is 1. The van der Waals surface area contributed by atoms with E-state index in [4.69, 9.17) is 13.9 Å². The summed E-state index contributed by atoms with van der Waals surface area (Å²) in [6.45, 7) is 0.296. The van der Waals surface area contributed by atoms with Crippen LogP contribution in [0.1, 0.15) is 5.56 Å². The summed E-state index contributed by atoms with van der Waals surface area (Å²) in [6, 6.07) is 12.7. The number of hydrogen-bond donors (Lipinski definition) is 1. The molecule has 0 aliphatic carbocycles. The molecule has 9 nitrogen and oxygen atoms in total. The van der Waals surface area contributed by atoms with Crippen LogP contribution in [0, 0.1) is 0 Å². The Kier molecular flexibility index (Phi) is 8.34. The Bertz CT molecular complexity index is 1160. The molecule has 3 aromatic rings. The quantitative estimate of drug-likeness (QED) is 0.336. The molecule has 1 heterocycles. The molecule has 2 aromatic carbocycles. The molecule has 1 aromatic heterocycles. The Morgan fingerprint density at radius 2 is 1.82 bits per heavy atom. The molecule has 3 rings (SSSR count). The van der Waals surface area contributed by atoms with Crippen molar-refractivity contribution in [2.24, 2.45) is 0 Å². The first-order valence-electron chi connectivity index (χ1n) is 10.2. The molecule has 10 heteroatoms. The molecule has 0 bridgehead atoms. The summed E-state index contributed by atoms with van der Waals surface area (Å²) in [6.07, 6.45) is 2.66. The van der Waals surface area contributed by atoms with Crippen LogP contribution in [0.2, 0.25) is 0 Å². The van der Waals surface area contributed by atoms with E-state index in [0.29, 0.717) is 17.7 Å². The van der Waals surface area contributed by atoms with Crippen LogP contribution in [0.25, 0.3) is 22.6 Å². The molecule has 0 radical (unpaired) electrons. The van der Waals surface area contributed by atoms with Crippen LogP contribution >= 0.6 is 0 Å². The average Bonchev–Trinajstić information content (AvgIpc) is 3.34. The predicted octanol–water partition coefficient (Wildman–Crippen LogP) is 2.54. The summed E-state index contributed by atoms with van der Waals surface area (Å²) in [7, 11) is 0.651. The molecular weight excluding hydrogens is 446 g/mol. The lowest BCUT2D eigenvalue weighted by atomic mass is 9.95. The SMILES string of the molecule is COCCOCNS(=O)(=O)c1c(-c2ncco2)ccc(-c2ccccc2)c1CC(=O)N(C)C. The monoisotopic (exact) mass is 473 g/mol. The van der Waals surface area contributed by atoms with Crippen LogP contribution in [-0.2, 0) is 30.7 Å². The molecule has 0 aliphatic rings. The summed E-state index contributed by atoms with van der Waals surface area (Å²) in [5.41, 5.74) is 2.01. The zero-order valence-electron chi connectivity index (χ0n) is 18.8. The predicted molar refractivity (Wildman–Crippen MR) is 123 cm³/mol. The first-order chi connectivity index (χ1) is 15.8. The van der Waals surface area contributed by atoms with Gasteiger partial charge in [-0.3, -0.25) is 4.79 Å². The smallest absolute Gasteiger partial charge is 0.243 e. The Balaban J connectivity index is 2.18. The summed E-state index contributed by atoms with van der Waals surface area (Å²) in [4.78, 5) is 18.2. The number of aromatic nitrogens is 1. The highest BCUT2D eigenvalue weighted by molar-refractivity contribution is 7.89. The molecule has 0 fully saturated rings. The zero-order chi connectivity index (χ0) is 23.8. The molecule has 33 heavy (non-hydrogen) atoms. The minimum Gasteiger partial charge on any atom is -0.444 e. The Hall–Kier alpha value is -3.05. The highest BCUT2D eigenvalue weighted by atomic mass is 32.2. The van der Waals surface area contributed by atoms with Crippen molar-refractivity contribution in [2.75, 3.05) is 41.1 Å². The van der Waals surface area contributed by atoms with Crippen molar-refractivity contribution >= 4 is 15.9 Å². The van der Waals surface area contributed by atoms with Gasteiger partial charge in [0.1, 0.15) is 13.0 Å². The number of likely N-dealkylation sites (N-methyl/N-ethyl adjacent to an activating group) is 1. The maximum Gasteiger partial charge on any atom is 0.243 e. The van der Waals surface area contributed by atoms with Crippen molar-refractivity contribution in [3.63, 3.8) is 0 Å². The summed E-state index contributed by atoms with van der Waals surface area (Å²) in [5, 5.41) is 0. The van der Waals surface area contributed by atoms with Crippen molar-refractivity contribution in [2.45, 2.75) is 11.3 Å². The lowest BCUT2D eigenvalue weighted by molar-refractivity contribution is -0.127. The van der Waals surface area contributed by atoms with Gasteiger partial charge in [0.25, 0.3) is 0 Å². The second-order valence-electron chi connectivity index (χ2n) is 7.33. The molecule has 1 amide bonds. The molecule has 0 atom stereocenters. The summed E-state index contributed by atoms with van der Waals surface area (Å²) in [5.74, 6) is -0.113. The fourth-order valence-corrected chi connectivity index (χ4v) is 4.57. The van der Waals surface area contributed by atoms with Crippen LogP contribution in [0.5, 0.6) is 0 Å². The van der Waals surface area contributed by atoms with Gasteiger partial charge in [-0.05, 0) is 22.8 Å². The van der Waals surface area contributed by atoms with Gasteiger partial charge in [0.2, 0.25) is 21.8 Å². The highest BCUT2D eigenvalue weighted by Crippen LogP contribution is 2.36. The van der Waals surface area contributed by atoms with E-state index in [2.05, 4.69) is 9.71 Å². The molecular formula is C23H27N3O6S. The molecule has 0 unspecified atom stereocenters. The van der Waals surface area contributed by atoms with Crippen molar-refractivity contribution in [3.8, 4) is 22.6 Å². The number of sulfonamides is 1. The second-order valence-corrected chi connectivity index (χ2v) is 9.03. The van der Waals surface area contributed by atoms with Gasteiger partial charge in [0, 0.05) is 21.2 Å². The van der Waals surface area contributed by atoms with Gasteiger partial charge in [-0.15, -0.1) is 0 Å². The molecule has 0 spiro atoms. The maximum absolute atomic E-state index is 13.5. The number of ether oxygens (including phenoxy) is 2. The lowest BCUT2D eigenvalue weighted by Gasteiger charge is -2.20. The first-order valence-corrected chi connectivity index (χ1v) is 11.7. The Labute approximate surface area is 193 Å². The van der Waals surface area contributed by atoms with E-state index in [1.165, 1.54) is 24.5 Å². The summed E-state index contributed by atoms with van der Waals surface area (Å²) >= 11 is 0. The van der Waals surface area contributed by atoms with Crippen LogP contribution in [0.15, 0.2) is 64.2 Å². The molecule has 176 valence electrons. The van der Waals surface area contributed by atoms with Crippen molar-refractivity contribution in [1.29, 1.82) is 0 Å². The van der Waals surface area contributed by atoms with E-state index in [-0.39, 0.29) is 42.0 Å². The van der Waals surface area contributed by atoms with E-state index in [1.807, 2.05) is 30.3 Å². The molecule has 0 aliphatic heterocycles. The van der Waals surface area contributed by atoms with E-state index < -0.39 is 10.0 Å². The van der Waals surface area contributed by atoms with Gasteiger partial charge in [-0.1, -0.05) is 36.4 Å². The average molecular weight is 474 g/mol. The van der Waals surface area contributed by atoms with Crippen molar-refractivity contribution in [3.05, 3.63) is 60.5 Å². The second kappa shape index (κ2) is 11.2. The van der Waals surface area contributed by atoms with Crippen LogP contribution < -0.4 is 4.72 Å². The minimum atomic E-state index is -4.12. The van der Waals surface area contributed by atoms with Crippen LogP contribution in [0.4, 0.5) is 0 Å². The van der Waals surface area contributed by atoms with Gasteiger partial charge in [0.05, 0.1) is 36.3 Å². The molecule has 0 saturated carbocycles. The van der Waals surface area contributed by atoms with Gasteiger partial charge >= 0.3 is 0 Å². The maximum atomic E-state index is 13.5. The fraction of sp³-hybridized carbons (Fsp3) is 0.304. The van der Waals surface area contributed by atoms with Crippen molar-refractivity contribution < 1.29 is 27.1 Å². The van der Waals surface area contributed by atoms with E-state index in [0.717, 1.165) is 5.56 Å². The van der Waals surface area contributed by atoms with Gasteiger partial charge in [-0.25, -0.2) is 13.4 Å². The van der Waals surface area contributed by atoms with Crippen LogP contribution in [-0.4, -0.2) is 65.4 Å². The van der Waals surface area contributed by atoms with E-state index in [9.17, 15) is 13.2 Å². The number of methoxy groups -OCH3 is 1. The number of hydrogen-bond acceptors (Lipinski definition) is 7.